The van der Waals surface area contributed by atoms with Gasteiger partial charge in [0.25, 0.3) is 0 Å². The molecule has 0 fully saturated rings. The van der Waals surface area contributed by atoms with Crippen LogP contribution in [0.2, 0.25) is 0 Å². The van der Waals surface area contributed by atoms with Gasteiger partial charge >= 0.3 is 11.7 Å². The van der Waals surface area contributed by atoms with Gasteiger partial charge in [-0.3, -0.25) is 0 Å². The normalized spacial score (nSPS) is 10.3. The van der Waals surface area contributed by atoms with Crippen LogP contribution in [0.25, 0.3) is 11.0 Å². The van der Waals surface area contributed by atoms with Crippen molar-refractivity contribution >= 4 is 28.5 Å². The van der Waals surface area contributed by atoms with Crippen molar-refractivity contribution in [3.8, 4) is 0 Å². The van der Waals surface area contributed by atoms with E-state index >= 15 is 0 Å². The van der Waals surface area contributed by atoms with Gasteiger partial charge in [-0.1, -0.05) is 6.07 Å². The summed E-state index contributed by atoms with van der Waals surface area (Å²) < 4.78 is 5.05. The molecule has 1 aromatic carbocycles. The van der Waals surface area contributed by atoms with Gasteiger partial charge in [-0.15, -0.1) is 0 Å². The van der Waals surface area contributed by atoms with E-state index in [0.717, 1.165) is 11.2 Å². The molecule has 0 atom stereocenters. The maximum absolute atomic E-state index is 11.9. The first-order valence-corrected chi connectivity index (χ1v) is 7.44. The Labute approximate surface area is 137 Å². The van der Waals surface area contributed by atoms with Gasteiger partial charge in [-0.05, 0) is 36.4 Å². The van der Waals surface area contributed by atoms with Gasteiger partial charge in [0, 0.05) is 36.4 Å². The summed E-state index contributed by atoms with van der Waals surface area (Å²) in [6.45, 7) is 1.01. The SMILES string of the molecule is O=C(NCCNc1ccccn1)Nc1ccc2oc(=O)ccc2c1. The Morgan fingerprint density at radius 1 is 1.08 bits per heavy atom. The van der Waals surface area contributed by atoms with E-state index in [1.165, 1.54) is 6.07 Å². The number of carbonyl (C=O) groups is 1. The number of fused-ring (bicyclic) bond motifs is 1. The highest BCUT2D eigenvalue weighted by Crippen LogP contribution is 2.17. The lowest BCUT2D eigenvalue weighted by atomic mass is 10.2. The van der Waals surface area contributed by atoms with Crippen LogP contribution in [-0.4, -0.2) is 24.1 Å². The predicted octanol–water partition coefficient (Wildman–Crippen LogP) is 2.42. The van der Waals surface area contributed by atoms with Crippen molar-refractivity contribution in [3.63, 3.8) is 0 Å². The van der Waals surface area contributed by atoms with Crippen LogP contribution >= 0.6 is 0 Å². The number of nitrogens with zero attached hydrogens (tertiary/aromatic N) is 1. The number of pyridine rings is 1. The van der Waals surface area contributed by atoms with E-state index in [1.54, 1.807) is 30.5 Å². The van der Waals surface area contributed by atoms with Crippen molar-refractivity contribution in [2.75, 3.05) is 23.7 Å². The van der Waals surface area contributed by atoms with Crippen molar-refractivity contribution in [1.82, 2.24) is 10.3 Å². The molecule has 0 bridgehead atoms. The number of urea groups is 1. The number of benzene rings is 1. The third-order valence-corrected chi connectivity index (χ3v) is 3.26. The fourth-order valence-corrected chi connectivity index (χ4v) is 2.16. The largest absolute Gasteiger partial charge is 0.423 e. The van der Waals surface area contributed by atoms with Gasteiger partial charge in [0.15, 0.2) is 0 Å². The maximum Gasteiger partial charge on any atom is 0.336 e. The topological polar surface area (TPSA) is 96.3 Å². The fraction of sp³-hybridized carbons (Fsp3) is 0.118. The molecule has 0 spiro atoms. The Balaban J connectivity index is 1.49. The summed E-state index contributed by atoms with van der Waals surface area (Å²) in [6.07, 6.45) is 1.70. The van der Waals surface area contributed by atoms with Crippen LogP contribution < -0.4 is 21.6 Å². The number of rotatable bonds is 5. The molecule has 0 aliphatic heterocycles. The zero-order valence-electron chi connectivity index (χ0n) is 12.8. The number of aromatic nitrogens is 1. The number of anilines is 2. The van der Waals surface area contributed by atoms with Gasteiger partial charge in [-0.2, -0.15) is 0 Å². The Kier molecular flexibility index (Phi) is 4.71. The molecule has 2 heterocycles. The zero-order chi connectivity index (χ0) is 16.8. The maximum atomic E-state index is 11.9. The van der Waals surface area contributed by atoms with E-state index in [1.807, 2.05) is 18.2 Å². The lowest BCUT2D eigenvalue weighted by Gasteiger charge is -2.09. The third kappa shape index (κ3) is 4.10. The van der Waals surface area contributed by atoms with Gasteiger partial charge in [0.1, 0.15) is 11.4 Å². The average Bonchev–Trinajstić information content (AvgIpc) is 2.60. The van der Waals surface area contributed by atoms with Crippen LogP contribution in [0.15, 0.2) is 63.9 Å². The van der Waals surface area contributed by atoms with Crippen LogP contribution in [0, 0.1) is 0 Å². The van der Waals surface area contributed by atoms with Crippen molar-refractivity contribution in [3.05, 3.63) is 65.1 Å². The molecule has 0 saturated heterocycles. The summed E-state index contributed by atoms with van der Waals surface area (Å²) in [6, 6.07) is 13.3. The molecule has 2 amide bonds. The fourth-order valence-electron chi connectivity index (χ4n) is 2.16. The second-order valence-corrected chi connectivity index (χ2v) is 5.03. The summed E-state index contributed by atoms with van der Waals surface area (Å²) >= 11 is 0. The van der Waals surface area contributed by atoms with E-state index in [4.69, 9.17) is 4.42 Å². The molecular weight excluding hydrogens is 308 g/mol. The van der Waals surface area contributed by atoms with E-state index in [9.17, 15) is 9.59 Å². The monoisotopic (exact) mass is 324 g/mol. The highest BCUT2D eigenvalue weighted by Gasteiger charge is 2.03. The van der Waals surface area contributed by atoms with Gasteiger partial charge in [-0.25, -0.2) is 14.6 Å². The van der Waals surface area contributed by atoms with Gasteiger partial charge in [0.2, 0.25) is 0 Å². The number of carbonyl (C=O) groups excluding carboxylic acids is 1. The van der Waals surface area contributed by atoms with Crippen molar-refractivity contribution in [2.24, 2.45) is 0 Å². The molecule has 7 heteroatoms. The summed E-state index contributed by atoms with van der Waals surface area (Å²) in [5.41, 5.74) is 0.695. The lowest BCUT2D eigenvalue weighted by Crippen LogP contribution is -2.32. The van der Waals surface area contributed by atoms with E-state index < -0.39 is 5.63 Å². The second kappa shape index (κ2) is 7.28. The number of nitrogens with one attached hydrogen (secondary N) is 3. The molecule has 0 unspecified atom stereocenters. The molecule has 0 saturated carbocycles. The average molecular weight is 324 g/mol. The van der Waals surface area contributed by atoms with Crippen molar-refractivity contribution in [2.45, 2.75) is 0 Å². The van der Waals surface area contributed by atoms with Crippen LogP contribution in [-0.2, 0) is 0 Å². The molecule has 3 aromatic rings. The van der Waals surface area contributed by atoms with Crippen molar-refractivity contribution in [1.29, 1.82) is 0 Å². The standard InChI is InChI=1S/C17H16N4O3/c22-16-7-4-12-11-13(5-6-14(12)24-16)21-17(23)20-10-9-19-15-3-1-2-8-18-15/h1-8,11H,9-10H2,(H,18,19)(H2,20,21,23). The summed E-state index contributed by atoms with van der Waals surface area (Å²) in [7, 11) is 0. The Morgan fingerprint density at radius 3 is 2.83 bits per heavy atom. The van der Waals surface area contributed by atoms with Crippen LogP contribution in [0.3, 0.4) is 0 Å². The number of hydrogen-bond donors (Lipinski definition) is 3. The molecule has 24 heavy (non-hydrogen) atoms. The van der Waals surface area contributed by atoms with E-state index in [0.29, 0.717) is 24.4 Å². The van der Waals surface area contributed by atoms with E-state index in [2.05, 4.69) is 20.9 Å². The van der Waals surface area contributed by atoms with Gasteiger partial charge < -0.3 is 20.4 Å². The Morgan fingerprint density at radius 2 is 2.00 bits per heavy atom. The smallest absolute Gasteiger partial charge is 0.336 e. The first-order chi connectivity index (χ1) is 11.7. The lowest BCUT2D eigenvalue weighted by molar-refractivity contribution is 0.252. The first kappa shape index (κ1) is 15.5. The zero-order valence-corrected chi connectivity index (χ0v) is 12.8. The Hall–Kier alpha value is -3.35. The molecule has 0 aliphatic carbocycles. The summed E-state index contributed by atoms with van der Waals surface area (Å²) in [5, 5.41) is 9.32. The Bertz CT molecular complexity index is 893. The highest BCUT2D eigenvalue weighted by atomic mass is 16.4. The summed E-state index contributed by atoms with van der Waals surface area (Å²) in [5.74, 6) is 0.760. The molecular formula is C17H16N4O3. The molecule has 2 aromatic heterocycles. The van der Waals surface area contributed by atoms with Crippen LogP contribution in [0.4, 0.5) is 16.3 Å². The summed E-state index contributed by atoms with van der Waals surface area (Å²) in [4.78, 5) is 27.1. The quantitative estimate of drug-likeness (QED) is 0.495. The molecule has 0 aliphatic rings. The molecule has 3 rings (SSSR count). The number of hydrogen-bond acceptors (Lipinski definition) is 5. The minimum atomic E-state index is -0.402. The first-order valence-electron chi connectivity index (χ1n) is 7.44. The van der Waals surface area contributed by atoms with Crippen LogP contribution in [0.1, 0.15) is 0 Å². The molecule has 3 N–H and O–H groups in total. The minimum absolute atomic E-state index is 0.311. The van der Waals surface area contributed by atoms with Crippen molar-refractivity contribution < 1.29 is 9.21 Å². The highest BCUT2D eigenvalue weighted by molar-refractivity contribution is 5.92. The minimum Gasteiger partial charge on any atom is -0.423 e. The van der Waals surface area contributed by atoms with E-state index in [-0.39, 0.29) is 6.03 Å². The predicted molar refractivity (Wildman–Crippen MR) is 92.2 cm³/mol. The third-order valence-electron chi connectivity index (χ3n) is 3.26. The molecule has 122 valence electrons. The number of amides is 2. The molecule has 7 nitrogen and oxygen atoms in total. The second-order valence-electron chi connectivity index (χ2n) is 5.03. The molecule has 0 radical (unpaired) electrons. The van der Waals surface area contributed by atoms with Crippen LogP contribution in [0.5, 0.6) is 0 Å². The van der Waals surface area contributed by atoms with Gasteiger partial charge in [0.05, 0.1) is 0 Å².